The van der Waals surface area contributed by atoms with Gasteiger partial charge in [0.2, 0.25) is 0 Å². The van der Waals surface area contributed by atoms with Crippen molar-refractivity contribution < 1.29 is 0 Å². The number of hydrogen-bond donors (Lipinski definition) is 0. The summed E-state index contributed by atoms with van der Waals surface area (Å²) in [4.78, 5) is 4.04. The third kappa shape index (κ3) is 0.658. The molecule has 0 aromatic heterocycles. The van der Waals surface area contributed by atoms with Gasteiger partial charge in [-0.2, -0.15) is 4.42 Å². The van der Waals surface area contributed by atoms with Crippen LogP contribution in [0.1, 0.15) is 0 Å². The van der Waals surface area contributed by atoms with Crippen molar-refractivity contribution >= 4 is 0 Å². The summed E-state index contributed by atoms with van der Waals surface area (Å²) in [6.45, 7) is 3.58. The fraction of sp³-hybridized carbons (Fsp3) is 0. The number of benzene rings is 1. The summed E-state index contributed by atoms with van der Waals surface area (Å²) < 4.78 is 5.15. The first-order valence-electron chi connectivity index (χ1n) is 3.04. The van der Waals surface area contributed by atoms with Gasteiger partial charge in [0.15, 0.2) is 5.36 Å². The molecule has 2 nitrogen and oxygen atoms in total. The molecule has 1 aliphatic rings. The molecule has 1 aliphatic heterocycles. The van der Waals surface area contributed by atoms with E-state index in [1.165, 1.54) is 0 Å². The van der Waals surface area contributed by atoms with Crippen molar-refractivity contribution in [1.29, 1.82) is 0 Å². The molecule has 0 spiro atoms. The number of rotatable bonds is 0. The highest BCUT2D eigenvalue weighted by Crippen LogP contribution is 1.92. The average molecular weight is 132 g/mol. The molecule has 0 unspecified atom stereocenters. The number of fused-ring (bicyclic) bond motifs is 1. The lowest BCUT2D eigenvalue weighted by Gasteiger charge is -1.67. The minimum atomic E-state index is 0.473. The Hall–Kier alpha value is -1.44. The van der Waals surface area contributed by atoms with E-state index < -0.39 is 0 Å². The Morgan fingerprint density at radius 2 is 2.10 bits per heavy atom. The highest BCUT2D eigenvalue weighted by molar-refractivity contribution is 5.16. The van der Waals surface area contributed by atoms with E-state index in [0.717, 1.165) is 10.8 Å². The van der Waals surface area contributed by atoms with E-state index in [4.69, 9.17) is 4.42 Å². The van der Waals surface area contributed by atoms with Gasteiger partial charge in [-0.25, -0.2) is 0 Å². The molecule has 0 atom stereocenters. The van der Waals surface area contributed by atoms with Gasteiger partial charge in [-0.3, -0.25) is 0 Å². The molecule has 0 aliphatic carbocycles. The molecule has 0 radical (unpaired) electrons. The second-order valence-corrected chi connectivity index (χ2v) is 2.08. The minimum absolute atomic E-state index is 0.473. The maximum atomic E-state index is 5.15. The molecule has 48 valence electrons. The van der Waals surface area contributed by atoms with Crippen LogP contribution < -0.4 is 10.8 Å². The second kappa shape index (κ2) is 1.77. The van der Waals surface area contributed by atoms with Crippen molar-refractivity contribution in [3.05, 3.63) is 51.9 Å². The Morgan fingerprint density at radius 3 is 2.90 bits per heavy atom. The van der Waals surface area contributed by atoms with Gasteiger partial charge >= 0.3 is 11.3 Å². The van der Waals surface area contributed by atoms with Crippen LogP contribution >= 0.6 is 0 Å². The van der Waals surface area contributed by atoms with Gasteiger partial charge in [0.05, 0.1) is 0 Å². The fourth-order valence-electron chi connectivity index (χ4n) is 0.920. The first-order chi connectivity index (χ1) is 4.86. The molecule has 2 heteroatoms. The Bertz CT molecular complexity index is 355. The van der Waals surface area contributed by atoms with Crippen LogP contribution in [-0.4, -0.2) is 0 Å². The van der Waals surface area contributed by atoms with E-state index in [2.05, 4.69) is 11.6 Å². The quantitative estimate of drug-likeness (QED) is 0.456. The molecule has 10 heavy (non-hydrogen) atoms. The standard InChI is InChI=1S/C8H6NO/c1-6-9-7-4-2-3-5-8(7)10-6/h2-5H,1H2/q+1. The summed E-state index contributed by atoms with van der Waals surface area (Å²) in [6, 6.07) is 7.60. The van der Waals surface area contributed by atoms with E-state index in [1.54, 1.807) is 0 Å². The Morgan fingerprint density at radius 1 is 1.30 bits per heavy atom. The van der Waals surface area contributed by atoms with Gasteiger partial charge < -0.3 is 0 Å². The van der Waals surface area contributed by atoms with Crippen molar-refractivity contribution in [3.8, 4) is 0 Å². The topological polar surface area (TPSA) is 23.7 Å². The molecule has 2 rings (SSSR count). The maximum absolute atomic E-state index is 5.15. The SMILES string of the molecule is C=C1N=c2ccccc2=[O+]1. The van der Waals surface area contributed by atoms with Crippen LogP contribution in [-0.2, 0) is 0 Å². The summed E-state index contributed by atoms with van der Waals surface area (Å²) in [7, 11) is 0. The third-order valence-electron chi connectivity index (χ3n) is 1.34. The molecule has 0 saturated heterocycles. The number of nitrogens with zero attached hydrogens (tertiary/aromatic N) is 1. The summed E-state index contributed by atoms with van der Waals surface area (Å²) >= 11 is 0. The zero-order valence-electron chi connectivity index (χ0n) is 5.37. The summed E-state index contributed by atoms with van der Waals surface area (Å²) in [5.41, 5.74) is 0.799. The zero-order chi connectivity index (χ0) is 6.97. The van der Waals surface area contributed by atoms with E-state index in [-0.39, 0.29) is 0 Å². The molecule has 0 fully saturated rings. The Balaban J connectivity index is 2.96. The maximum Gasteiger partial charge on any atom is 0.446 e. The predicted octanol–water partition coefficient (Wildman–Crippen LogP) is 0.406. The Kier molecular flexibility index (Phi) is 0.947. The average Bonchev–Trinajstić information content (AvgIpc) is 2.27. The molecule has 1 aromatic rings. The van der Waals surface area contributed by atoms with E-state index >= 15 is 0 Å². The number of hydrogen-bond acceptors (Lipinski definition) is 1. The summed E-state index contributed by atoms with van der Waals surface area (Å²) in [5, 5.41) is 0.868. The van der Waals surface area contributed by atoms with Crippen molar-refractivity contribution in [1.82, 2.24) is 0 Å². The lowest BCUT2D eigenvalue weighted by Crippen LogP contribution is -2.19. The molecule has 1 heterocycles. The van der Waals surface area contributed by atoms with E-state index in [9.17, 15) is 0 Å². The lowest BCUT2D eigenvalue weighted by atomic mass is 10.3. The monoisotopic (exact) mass is 132 g/mol. The molecule has 0 amide bonds. The van der Waals surface area contributed by atoms with Crippen molar-refractivity contribution in [3.63, 3.8) is 0 Å². The van der Waals surface area contributed by atoms with Gasteiger partial charge in [0.1, 0.15) is 0 Å². The van der Waals surface area contributed by atoms with Gasteiger partial charge in [0, 0.05) is 12.6 Å². The van der Waals surface area contributed by atoms with Crippen LogP contribution in [0.4, 0.5) is 0 Å². The van der Waals surface area contributed by atoms with Gasteiger partial charge in [-0.1, -0.05) is 12.1 Å². The first-order valence-corrected chi connectivity index (χ1v) is 3.04. The molecular formula is C8H6NO+. The van der Waals surface area contributed by atoms with Gasteiger partial charge in [-0.15, -0.1) is 4.99 Å². The van der Waals surface area contributed by atoms with Crippen molar-refractivity contribution in [2.45, 2.75) is 0 Å². The van der Waals surface area contributed by atoms with Gasteiger partial charge in [-0.05, 0) is 6.07 Å². The van der Waals surface area contributed by atoms with Crippen molar-refractivity contribution in [2.75, 3.05) is 0 Å². The highest BCUT2D eigenvalue weighted by atomic mass is 16.4. The van der Waals surface area contributed by atoms with Crippen LogP contribution in [0.5, 0.6) is 0 Å². The van der Waals surface area contributed by atoms with Crippen LogP contribution in [0.15, 0.2) is 46.1 Å². The molecule has 0 bridgehead atoms. The van der Waals surface area contributed by atoms with E-state index in [0.29, 0.717) is 5.88 Å². The highest BCUT2D eigenvalue weighted by Gasteiger charge is 2.11. The minimum Gasteiger partial charge on any atom is -0.186 e. The fourth-order valence-corrected chi connectivity index (χ4v) is 0.920. The molecular weight excluding hydrogens is 126 g/mol. The smallest absolute Gasteiger partial charge is 0.186 e. The largest absolute Gasteiger partial charge is 0.446 e. The Labute approximate surface area is 57.8 Å². The van der Waals surface area contributed by atoms with Crippen LogP contribution in [0.2, 0.25) is 0 Å². The van der Waals surface area contributed by atoms with Crippen LogP contribution in [0.25, 0.3) is 0 Å². The number of para-hydroxylation sites is 2. The zero-order valence-corrected chi connectivity index (χ0v) is 5.37. The van der Waals surface area contributed by atoms with Gasteiger partial charge in [0.25, 0.3) is 0 Å². The lowest BCUT2D eigenvalue weighted by molar-refractivity contribution is 1.32. The molecule has 0 N–H and O–H groups in total. The van der Waals surface area contributed by atoms with Crippen LogP contribution in [0, 0.1) is 0 Å². The molecule has 0 saturated carbocycles. The van der Waals surface area contributed by atoms with Crippen LogP contribution in [0.3, 0.4) is 0 Å². The predicted molar refractivity (Wildman–Crippen MR) is 38.6 cm³/mol. The second-order valence-electron chi connectivity index (χ2n) is 2.08. The normalized spacial score (nSPS) is 13.8. The third-order valence-corrected chi connectivity index (χ3v) is 1.34. The molecule has 1 aromatic carbocycles. The first kappa shape index (κ1) is 5.35. The summed E-state index contributed by atoms with van der Waals surface area (Å²) in [6.07, 6.45) is 0. The van der Waals surface area contributed by atoms with E-state index in [1.807, 2.05) is 24.3 Å². The summed E-state index contributed by atoms with van der Waals surface area (Å²) in [5.74, 6) is 0.473. The van der Waals surface area contributed by atoms with Crippen molar-refractivity contribution in [2.24, 2.45) is 4.99 Å².